The summed E-state index contributed by atoms with van der Waals surface area (Å²) in [5.74, 6) is 0.636. The molecule has 136 valence electrons. The maximum Gasteiger partial charge on any atom is 0.257 e. The topological polar surface area (TPSA) is 51.2 Å². The van der Waals surface area contributed by atoms with Gasteiger partial charge in [-0.15, -0.1) is 0 Å². The van der Waals surface area contributed by atoms with Gasteiger partial charge in [-0.25, -0.2) is 4.98 Å². The molecular formula is C22H20N2O2S. The van der Waals surface area contributed by atoms with Gasteiger partial charge in [-0.3, -0.25) is 10.1 Å². The Bertz CT molecular complexity index is 1140. The first kappa shape index (κ1) is 17.5. The van der Waals surface area contributed by atoms with Crippen molar-refractivity contribution in [2.45, 2.75) is 26.4 Å². The molecule has 5 heteroatoms. The van der Waals surface area contributed by atoms with Crippen LogP contribution in [0.3, 0.4) is 0 Å². The number of anilines is 1. The van der Waals surface area contributed by atoms with Gasteiger partial charge in [0.15, 0.2) is 5.13 Å². The molecule has 1 N–H and O–H groups in total. The molecule has 0 spiro atoms. The van der Waals surface area contributed by atoms with Crippen LogP contribution in [-0.2, 0) is 0 Å². The van der Waals surface area contributed by atoms with Crippen LogP contribution in [0, 0.1) is 0 Å². The summed E-state index contributed by atoms with van der Waals surface area (Å²) in [6.07, 6.45) is 0. The average molecular weight is 376 g/mol. The zero-order chi connectivity index (χ0) is 19.0. The van der Waals surface area contributed by atoms with E-state index in [1.54, 1.807) is 0 Å². The molecule has 0 aliphatic rings. The number of rotatable bonds is 3. The van der Waals surface area contributed by atoms with E-state index in [2.05, 4.69) is 10.3 Å². The average Bonchev–Trinajstić information content (AvgIpc) is 3.01. The molecule has 0 fully saturated rings. The van der Waals surface area contributed by atoms with Crippen molar-refractivity contribution in [3.05, 3.63) is 66.2 Å². The lowest BCUT2D eigenvalue weighted by atomic mass is 10.1. The lowest BCUT2D eigenvalue weighted by Gasteiger charge is -2.21. The van der Waals surface area contributed by atoms with Crippen LogP contribution in [-0.4, -0.2) is 16.5 Å². The number of ether oxygens (including phenoxy) is 1. The van der Waals surface area contributed by atoms with Crippen LogP contribution in [0.1, 0.15) is 31.1 Å². The van der Waals surface area contributed by atoms with E-state index in [-0.39, 0.29) is 11.5 Å². The summed E-state index contributed by atoms with van der Waals surface area (Å²) in [5, 5.41) is 5.64. The first-order valence-electron chi connectivity index (χ1n) is 8.77. The second kappa shape index (κ2) is 6.67. The predicted octanol–water partition coefficient (Wildman–Crippen LogP) is 5.88. The van der Waals surface area contributed by atoms with Crippen molar-refractivity contribution < 1.29 is 9.53 Å². The Morgan fingerprint density at radius 2 is 1.78 bits per heavy atom. The summed E-state index contributed by atoms with van der Waals surface area (Å²) >= 11 is 1.44. The van der Waals surface area contributed by atoms with Gasteiger partial charge >= 0.3 is 0 Å². The summed E-state index contributed by atoms with van der Waals surface area (Å²) in [6.45, 7) is 6.04. The van der Waals surface area contributed by atoms with E-state index in [9.17, 15) is 4.79 Å². The molecule has 0 aliphatic heterocycles. The Labute approximate surface area is 161 Å². The highest BCUT2D eigenvalue weighted by atomic mass is 32.1. The van der Waals surface area contributed by atoms with E-state index in [0.29, 0.717) is 10.7 Å². The third-order valence-electron chi connectivity index (χ3n) is 4.02. The summed E-state index contributed by atoms with van der Waals surface area (Å²) in [5.41, 5.74) is 1.20. The number of benzene rings is 3. The van der Waals surface area contributed by atoms with Gasteiger partial charge in [0.1, 0.15) is 11.4 Å². The third kappa shape index (κ3) is 3.93. The second-order valence-corrected chi connectivity index (χ2v) is 8.41. The molecule has 27 heavy (non-hydrogen) atoms. The lowest BCUT2D eigenvalue weighted by molar-refractivity contribution is 0.102. The molecule has 0 radical (unpaired) electrons. The Morgan fingerprint density at radius 3 is 2.56 bits per heavy atom. The highest BCUT2D eigenvalue weighted by Crippen LogP contribution is 2.31. The molecular weight excluding hydrogens is 356 g/mol. The van der Waals surface area contributed by atoms with Gasteiger partial charge in [0.2, 0.25) is 0 Å². The molecule has 4 nitrogen and oxygen atoms in total. The molecule has 3 aromatic carbocycles. The van der Waals surface area contributed by atoms with Crippen LogP contribution in [0.15, 0.2) is 60.7 Å². The molecule has 1 aromatic heterocycles. The molecule has 0 aliphatic carbocycles. The smallest absolute Gasteiger partial charge is 0.257 e. The van der Waals surface area contributed by atoms with Crippen molar-refractivity contribution in [2.24, 2.45) is 0 Å². The van der Waals surface area contributed by atoms with Crippen molar-refractivity contribution in [1.29, 1.82) is 0 Å². The van der Waals surface area contributed by atoms with Crippen LogP contribution < -0.4 is 10.1 Å². The fourth-order valence-corrected chi connectivity index (χ4v) is 3.76. The zero-order valence-electron chi connectivity index (χ0n) is 15.4. The maximum atomic E-state index is 12.6. The monoisotopic (exact) mass is 376 g/mol. The van der Waals surface area contributed by atoms with Crippen LogP contribution >= 0.6 is 11.3 Å². The fourth-order valence-electron chi connectivity index (χ4n) is 2.88. The van der Waals surface area contributed by atoms with Gasteiger partial charge in [-0.05, 0) is 61.9 Å². The van der Waals surface area contributed by atoms with E-state index in [4.69, 9.17) is 4.74 Å². The fraction of sp³-hybridized carbons (Fsp3) is 0.182. The number of thiazole rings is 1. The number of fused-ring (bicyclic) bond motifs is 2. The van der Waals surface area contributed by atoms with Crippen LogP contribution in [0.4, 0.5) is 5.13 Å². The molecule has 0 saturated heterocycles. The first-order valence-corrected chi connectivity index (χ1v) is 9.59. The Hall–Kier alpha value is -2.92. The number of nitrogens with one attached hydrogen (secondary N) is 1. The van der Waals surface area contributed by atoms with Crippen molar-refractivity contribution in [3.63, 3.8) is 0 Å². The number of nitrogens with zero attached hydrogens (tertiary/aromatic N) is 1. The minimum Gasteiger partial charge on any atom is -0.488 e. The molecule has 0 atom stereocenters. The quantitative estimate of drug-likeness (QED) is 0.486. The second-order valence-electron chi connectivity index (χ2n) is 7.38. The van der Waals surface area contributed by atoms with E-state index in [0.717, 1.165) is 26.7 Å². The Morgan fingerprint density at radius 1 is 1.00 bits per heavy atom. The minimum absolute atomic E-state index is 0.161. The molecule has 0 saturated carbocycles. The van der Waals surface area contributed by atoms with Gasteiger partial charge in [0.25, 0.3) is 5.91 Å². The molecule has 1 heterocycles. The van der Waals surface area contributed by atoms with Crippen molar-refractivity contribution in [2.75, 3.05) is 5.32 Å². The molecule has 0 unspecified atom stereocenters. The molecule has 0 bridgehead atoms. The van der Waals surface area contributed by atoms with Gasteiger partial charge < -0.3 is 4.74 Å². The van der Waals surface area contributed by atoms with Crippen LogP contribution in [0.25, 0.3) is 21.0 Å². The van der Waals surface area contributed by atoms with Gasteiger partial charge in [0, 0.05) is 5.56 Å². The first-order chi connectivity index (χ1) is 12.9. The van der Waals surface area contributed by atoms with E-state index < -0.39 is 0 Å². The predicted molar refractivity (Wildman–Crippen MR) is 112 cm³/mol. The van der Waals surface area contributed by atoms with Gasteiger partial charge in [-0.2, -0.15) is 0 Å². The van der Waals surface area contributed by atoms with E-state index in [1.165, 1.54) is 11.3 Å². The minimum atomic E-state index is -0.258. The highest BCUT2D eigenvalue weighted by molar-refractivity contribution is 7.22. The number of carbonyl (C=O) groups is 1. The standard InChI is InChI=1S/C22H20N2O2S/c1-22(2,3)26-17-10-11-18-19(13-17)27-21(23-18)24-20(25)16-9-8-14-6-4-5-7-15(14)12-16/h4-13H,1-3H3,(H,23,24,25). The lowest BCUT2D eigenvalue weighted by Crippen LogP contribution is -2.22. The summed E-state index contributed by atoms with van der Waals surface area (Å²) in [4.78, 5) is 17.1. The zero-order valence-corrected chi connectivity index (χ0v) is 16.3. The Kier molecular flexibility index (Phi) is 4.32. The largest absolute Gasteiger partial charge is 0.488 e. The van der Waals surface area contributed by atoms with Gasteiger partial charge in [0.05, 0.1) is 10.2 Å². The molecule has 4 rings (SSSR count). The number of hydrogen-bond acceptors (Lipinski definition) is 4. The number of hydrogen-bond donors (Lipinski definition) is 1. The number of aromatic nitrogens is 1. The van der Waals surface area contributed by atoms with E-state index in [1.807, 2.05) is 81.4 Å². The summed E-state index contributed by atoms with van der Waals surface area (Å²) < 4.78 is 6.88. The number of amides is 1. The molecule has 1 amide bonds. The normalized spacial score (nSPS) is 11.7. The summed E-state index contributed by atoms with van der Waals surface area (Å²) in [6, 6.07) is 19.5. The maximum absolute atomic E-state index is 12.6. The highest BCUT2D eigenvalue weighted by Gasteiger charge is 2.14. The molecule has 4 aromatic rings. The van der Waals surface area contributed by atoms with Crippen LogP contribution in [0.5, 0.6) is 5.75 Å². The third-order valence-corrected chi connectivity index (χ3v) is 4.95. The number of carbonyl (C=O) groups excluding carboxylic acids is 1. The van der Waals surface area contributed by atoms with Crippen LogP contribution in [0.2, 0.25) is 0 Å². The summed E-state index contributed by atoms with van der Waals surface area (Å²) in [7, 11) is 0. The Balaban J connectivity index is 1.57. The van der Waals surface area contributed by atoms with Gasteiger partial charge in [-0.1, -0.05) is 41.7 Å². The SMILES string of the molecule is CC(C)(C)Oc1ccc2nc(NC(=O)c3ccc4ccccc4c3)sc2c1. The van der Waals surface area contributed by atoms with Crippen molar-refractivity contribution in [1.82, 2.24) is 4.98 Å². The van der Waals surface area contributed by atoms with E-state index >= 15 is 0 Å². The van der Waals surface area contributed by atoms with Crippen molar-refractivity contribution >= 4 is 43.4 Å². The van der Waals surface area contributed by atoms with Crippen molar-refractivity contribution in [3.8, 4) is 5.75 Å².